The zero-order valence-electron chi connectivity index (χ0n) is 11.8. The fourth-order valence-electron chi connectivity index (χ4n) is 2.61. The molecule has 1 heterocycles. The molecule has 1 saturated heterocycles. The number of nitrogens with zero attached hydrogens (tertiary/aromatic N) is 1. The molecular weight excluding hydrogens is 263 g/mol. The monoisotopic (exact) mass is 284 g/mol. The average molecular weight is 285 g/mol. The van der Waals surface area contributed by atoms with E-state index in [1.54, 1.807) is 6.07 Å². The van der Waals surface area contributed by atoms with Crippen molar-refractivity contribution in [2.45, 2.75) is 39.3 Å². The van der Waals surface area contributed by atoms with Crippen LogP contribution in [0.2, 0.25) is 5.02 Å². The van der Waals surface area contributed by atoms with Crippen LogP contribution in [0.3, 0.4) is 0 Å². The van der Waals surface area contributed by atoms with Crippen molar-refractivity contribution in [2.75, 3.05) is 18.0 Å². The largest absolute Gasteiger partial charge is 0.366 e. The number of halogens is 2. The van der Waals surface area contributed by atoms with Crippen LogP contribution in [0.1, 0.15) is 27.2 Å². The first-order valence-corrected chi connectivity index (χ1v) is 7.35. The molecule has 0 radical (unpaired) electrons. The van der Waals surface area contributed by atoms with Crippen LogP contribution in [0.4, 0.5) is 10.1 Å². The van der Waals surface area contributed by atoms with Crippen LogP contribution in [-0.2, 0) is 0 Å². The van der Waals surface area contributed by atoms with E-state index >= 15 is 0 Å². The van der Waals surface area contributed by atoms with E-state index < -0.39 is 0 Å². The predicted octanol–water partition coefficient (Wildman–Crippen LogP) is 3.69. The van der Waals surface area contributed by atoms with Crippen molar-refractivity contribution >= 4 is 17.3 Å². The predicted molar refractivity (Wildman–Crippen MR) is 79.5 cm³/mol. The summed E-state index contributed by atoms with van der Waals surface area (Å²) in [6.45, 7) is 8.53. The lowest BCUT2D eigenvalue weighted by Crippen LogP contribution is -2.58. The van der Waals surface area contributed by atoms with Crippen molar-refractivity contribution in [3.63, 3.8) is 0 Å². The van der Waals surface area contributed by atoms with Gasteiger partial charge in [-0.1, -0.05) is 32.4 Å². The molecule has 0 spiro atoms. The van der Waals surface area contributed by atoms with E-state index in [0.717, 1.165) is 25.2 Å². The van der Waals surface area contributed by atoms with Crippen LogP contribution in [0.15, 0.2) is 18.2 Å². The normalized spacial score (nSPS) is 24.0. The van der Waals surface area contributed by atoms with Gasteiger partial charge in [0.1, 0.15) is 5.82 Å². The van der Waals surface area contributed by atoms with E-state index in [0.29, 0.717) is 18.0 Å². The Morgan fingerprint density at radius 1 is 1.47 bits per heavy atom. The molecule has 2 rings (SSSR count). The molecule has 19 heavy (non-hydrogen) atoms. The van der Waals surface area contributed by atoms with Gasteiger partial charge in [-0.3, -0.25) is 0 Å². The number of benzene rings is 1. The minimum Gasteiger partial charge on any atom is -0.366 e. The van der Waals surface area contributed by atoms with E-state index in [1.807, 2.05) is 6.07 Å². The van der Waals surface area contributed by atoms with Gasteiger partial charge in [-0.05, 0) is 30.5 Å². The van der Waals surface area contributed by atoms with Gasteiger partial charge in [-0.25, -0.2) is 4.39 Å². The molecule has 1 aromatic rings. The molecule has 2 atom stereocenters. The van der Waals surface area contributed by atoms with Crippen molar-refractivity contribution in [3.05, 3.63) is 29.0 Å². The first kappa shape index (κ1) is 14.6. The molecule has 1 N–H and O–H groups in total. The Morgan fingerprint density at radius 3 is 2.79 bits per heavy atom. The van der Waals surface area contributed by atoms with Crippen LogP contribution >= 0.6 is 11.6 Å². The highest BCUT2D eigenvalue weighted by Crippen LogP contribution is 2.27. The quantitative estimate of drug-likeness (QED) is 0.911. The Bertz CT molecular complexity index is 436. The third kappa shape index (κ3) is 3.21. The Labute approximate surface area is 119 Å². The van der Waals surface area contributed by atoms with Crippen LogP contribution in [0.25, 0.3) is 0 Å². The third-order valence-corrected chi connectivity index (χ3v) is 4.25. The lowest BCUT2D eigenvalue weighted by molar-refractivity contribution is 0.325. The second-order valence-corrected chi connectivity index (χ2v) is 5.98. The molecule has 0 aliphatic carbocycles. The Hall–Kier alpha value is -0.800. The first-order valence-electron chi connectivity index (χ1n) is 6.98. The Kier molecular flexibility index (Phi) is 4.69. The van der Waals surface area contributed by atoms with E-state index in [-0.39, 0.29) is 10.8 Å². The summed E-state index contributed by atoms with van der Waals surface area (Å²) in [6.07, 6.45) is 1.06. The van der Waals surface area contributed by atoms with Gasteiger partial charge in [0.05, 0.1) is 5.02 Å². The summed E-state index contributed by atoms with van der Waals surface area (Å²) in [5.41, 5.74) is 1.02. The number of anilines is 1. The Morgan fingerprint density at radius 2 is 2.21 bits per heavy atom. The van der Waals surface area contributed by atoms with Crippen molar-refractivity contribution in [1.29, 1.82) is 0 Å². The molecule has 0 aromatic heterocycles. The van der Waals surface area contributed by atoms with E-state index in [9.17, 15) is 4.39 Å². The van der Waals surface area contributed by atoms with Crippen LogP contribution in [-0.4, -0.2) is 25.2 Å². The molecule has 0 bridgehead atoms. The Balaban J connectivity index is 2.24. The average Bonchev–Trinajstić information content (AvgIpc) is 2.41. The fraction of sp³-hybridized carbons (Fsp3) is 0.600. The second-order valence-electron chi connectivity index (χ2n) is 5.57. The van der Waals surface area contributed by atoms with Crippen LogP contribution < -0.4 is 10.2 Å². The second kappa shape index (κ2) is 6.10. The summed E-state index contributed by atoms with van der Waals surface area (Å²) in [5.74, 6) is 0.227. The third-order valence-electron chi connectivity index (χ3n) is 3.96. The maximum atomic E-state index is 13.3. The molecule has 1 fully saturated rings. The zero-order chi connectivity index (χ0) is 14.0. The molecule has 2 nitrogen and oxygen atoms in total. The highest BCUT2D eigenvalue weighted by molar-refractivity contribution is 6.31. The van der Waals surface area contributed by atoms with Crippen LogP contribution in [0.5, 0.6) is 0 Å². The lowest BCUT2D eigenvalue weighted by atomic mass is 9.98. The van der Waals surface area contributed by atoms with Crippen LogP contribution in [0, 0.1) is 11.7 Å². The minimum absolute atomic E-state index is 0.201. The van der Waals surface area contributed by atoms with Crippen molar-refractivity contribution in [3.8, 4) is 0 Å². The number of rotatable bonds is 3. The van der Waals surface area contributed by atoms with Crippen molar-refractivity contribution in [1.82, 2.24) is 5.32 Å². The number of nitrogens with one attached hydrogen (secondary N) is 1. The number of hydrogen-bond acceptors (Lipinski definition) is 2. The summed E-state index contributed by atoms with van der Waals surface area (Å²) in [7, 11) is 0. The summed E-state index contributed by atoms with van der Waals surface area (Å²) < 4.78 is 13.3. The standard InChI is InChI=1S/C15H22ClFN2/c1-4-11-8-18-15(10(2)3)9-19(11)12-5-6-14(17)13(16)7-12/h5-7,10-11,15,18H,4,8-9H2,1-3H3. The summed E-state index contributed by atoms with van der Waals surface area (Å²) in [5, 5.41) is 3.80. The summed E-state index contributed by atoms with van der Waals surface area (Å²) in [4.78, 5) is 2.35. The van der Waals surface area contributed by atoms with Gasteiger partial charge >= 0.3 is 0 Å². The van der Waals surface area contributed by atoms with Crippen molar-refractivity contribution in [2.24, 2.45) is 5.92 Å². The molecule has 0 amide bonds. The molecule has 106 valence electrons. The topological polar surface area (TPSA) is 15.3 Å². The molecular formula is C15H22ClFN2. The highest BCUT2D eigenvalue weighted by atomic mass is 35.5. The minimum atomic E-state index is -0.353. The van der Waals surface area contributed by atoms with Crippen molar-refractivity contribution < 1.29 is 4.39 Å². The van der Waals surface area contributed by atoms with E-state index in [2.05, 4.69) is 31.0 Å². The molecule has 0 saturated carbocycles. The SMILES string of the molecule is CCC1CNC(C(C)C)CN1c1ccc(F)c(Cl)c1. The lowest BCUT2D eigenvalue weighted by Gasteiger charge is -2.43. The first-order chi connectivity index (χ1) is 9.02. The fourth-order valence-corrected chi connectivity index (χ4v) is 2.79. The molecule has 4 heteroatoms. The summed E-state index contributed by atoms with van der Waals surface area (Å²) >= 11 is 5.91. The van der Waals surface area contributed by atoms with Gasteiger partial charge in [0.25, 0.3) is 0 Å². The zero-order valence-corrected chi connectivity index (χ0v) is 12.5. The van der Waals surface area contributed by atoms with Gasteiger partial charge in [0, 0.05) is 30.9 Å². The van der Waals surface area contributed by atoms with E-state index in [1.165, 1.54) is 6.07 Å². The molecule has 2 unspecified atom stereocenters. The molecule has 1 aromatic carbocycles. The van der Waals surface area contributed by atoms with Gasteiger partial charge in [-0.2, -0.15) is 0 Å². The number of piperazine rings is 1. The smallest absolute Gasteiger partial charge is 0.141 e. The van der Waals surface area contributed by atoms with Gasteiger partial charge in [-0.15, -0.1) is 0 Å². The van der Waals surface area contributed by atoms with E-state index in [4.69, 9.17) is 11.6 Å². The highest BCUT2D eigenvalue weighted by Gasteiger charge is 2.28. The maximum Gasteiger partial charge on any atom is 0.141 e. The van der Waals surface area contributed by atoms with Gasteiger partial charge < -0.3 is 10.2 Å². The maximum absolute atomic E-state index is 13.3. The van der Waals surface area contributed by atoms with Gasteiger partial charge in [0.2, 0.25) is 0 Å². The number of hydrogen-bond donors (Lipinski definition) is 1. The molecule has 1 aliphatic rings. The van der Waals surface area contributed by atoms with Gasteiger partial charge in [0.15, 0.2) is 0 Å². The summed E-state index contributed by atoms with van der Waals surface area (Å²) in [6, 6.07) is 5.93. The molecule has 1 aliphatic heterocycles.